The van der Waals surface area contributed by atoms with Gasteiger partial charge < -0.3 is 24.4 Å². The average molecular weight is 603 g/mol. The Bertz CT molecular complexity index is 902. The highest BCUT2D eigenvalue weighted by atomic mass is 32.2. The van der Waals surface area contributed by atoms with Gasteiger partial charge in [0.15, 0.2) is 10.2 Å². The highest BCUT2D eigenvalue weighted by Gasteiger charge is 2.46. The van der Waals surface area contributed by atoms with Crippen molar-refractivity contribution in [3.63, 3.8) is 0 Å². The number of amides is 2. The van der Waals surface area contributed by atoms with Crippen LogP contribution in [0.5, 0.6) is 0 Å². The molecule has 0 aliphatic carbocycles. The van der Waals surface area contributed by atoms with Crippen molar-refractivity contribution in [2.24, 2.45) is 5.92 Å². The fraction of sp³-hybridized carbons (Fsp3) is 0.821. The minimum absolute atomic E-state index is 0.0956. The van der Waals surface area contributed by atoms with E-state index in [0.717, 1.165) is 30.8 Å². The third-order valence-corrected chi connectivity index (χ3v) is 8.65. The third kappa shape index (κ3) is 12.0. The molecule has 4 aliphatic rings. The summed E-state index contributed by atoms with van der Waals surface area (Å²) in [5, 5.41) is 11.1. The van der Waals surface area contributed by atoms with Crippen LogP contribution >= 0.6 is 23.5 Å². The molecule has 12 heteroatoms. The van der Waals surface area contributed by atoms with Gasteiger partial charge in [-0.05, 0) is 67.2 Å². The molecule has 0 bridgehead atoms. The molecule has 228 valence electrons. The molecule has 0 spiro atoms. The fourth-order valence-electron chi connectivity index (χ4n) is 4.48. The number of hydrogen-bond acceptors (Lipinski definition) is 10. The Morgan fingerprint density at radius 2 is 1.30 bits per heavy atom. The molecule has 4 heterocycles. The molecule has 4 saturated heterocycles. The van der Waals surface area contributed by atoms with E-state index in [2.05, 4.69) is 0 Å². The molecular formula is C28H46N2O8S2. The number of thioether (sulfide) groups is 2. The van der Waals surface area contributed by atoms with E-state index in [0.29, 0.717) is 57.0 Å². The minimum atomic E-state index is -0.945. The maximum Gasteiger partial charge on any atom is 0.410 e. The van der Waals surface area contributed by atoms with E-state index in [1.54, 1.807) is 9.80 Å². The summed E-state index contributed by atoms with van der Waals surface area (Å²) in [6.45, 7) is 12.9. The first-order valence-electron chi connectivity index (χ1n) is 14.0. The monoisotopic (exact) mass is 602 g/mol. The van der Waals surface area contributed by atoms with E-state index >= 15 is 0 Å². The summed E-state index contributed by atoms with van der Waals surface area (Å²) < 4.78 is 10.5. The van der Waals surface area contributed by atoms with Gasteiger partial charge in [0.2, 0.25) is 0 Å². The summed E-state index contributed by atoms with van der Waals surface area (Å²) in [6, 6.07) is 0. The number of carbonyl (C=O) groups excluding carboxylic acids is 5. The molecule has 0 saturated carbocycles. The largest absolute Gasteiger partial charge is 0.444 e. The highest BCUT2D eigenvalue weighted by Crippen LogP contribution is 2.40. The standard InChI is InChI=1S/C14H23NO4S.C10H17NO3.C4H6OS/c1-13(2,3)19-12(17)15-7-5-14(18,6-8-15)10-4-9-20-11(10)16;1-10(2,3)14-9(13)11-6-4-8(12)5-7-11;5-4-2-1-3-6-4/h10,18H,4-9H2,1-3H3;4-7H2,1-3H3;1-3H2. The number of nitrogens with zero attached hydrogens (tertiary/aromatic N) is 2. The third-order valence-electron chi connectivity index (χ3n) is 6.63. The first-order valence-corrected chi connectivity index (χ1v) is 16.0. The van der Waals surface area contributed by atoms with Gasteiger partial charge in [-0.2, -0.15) is 0 Å². The van der Waals surface area contributed by atoms with Crippen LogP contribution in [0.1, 0.15) is 86.5 Å². The Labute approximate surface area is 246 Å². The van der Waals surface area contributed by atoms with Crippen molar-refractivity contribution >= 4 is 51.7 Å². The van der Waals surface area contributed by atoms with Crippen LogP contribution in [0.4, 0.5) is 9.59 Å². The lowest BCUT2D eigenvalue weighted by Crippen LogP contribution is -2.52. The Kier molecular flexibility index (Phi) is 12.8. The van der Waals surface area contributed by atoms with Crippen LogP contribution in [-0.2, 0) is 23.9 Å². The van der Waals surface area contributed by atoms with E-state index in [4.69, 9.17) is 9.47 Å². The van der Waals surface area contributed by atoms with Crippen LogP contribution in [0.15, 0.2) is 0 Å². The van der Waals surface area contributed by atoms with Crippen molar-refractivity contribution in [2.45, 2.75) is 103 Å². The predicted octanol–water partition coefficient (Wildman–Crippen LogP) is 4.65. The molecule has 40 heavy (non-hydrogen) atoms. The second-order valence-electron chi connectivity index (χ2n) is 12.4. The molecule has 2 amide bonds. The molecule has 4 rings (SSSR count). The van der Waals surface area contributed by atoms with Gasteiger partial charge in [0.25, 0.3) is 0 Å². The van der Waals surface area contributed by atoms with Gasteiger partial charge in [0, 0.05) is 56.9 Å². The summed E-state index contributed by atoms with van der Waals surface area (Å²) in [5.74, 6) is 1.80. The molecule has 4 fully saturated rings. The van der Waals surface area contributed by atoms with Gasteiger partial charge in [-0.25, -0.2) is 9.59 Å². The fourth-order valence-corrected chi connectivity index (χ4v) is 6.37. The quantitative estimate of drug-likeness (QED) is 0.452. The second kappa shape index (κ2) is 14.9. The maximum atomic E-state index is 12.0. The van der Waals surface area contributed by atoms with Crippen molar-refractivity contribution in [1.82, 2.24) is 9.80 Å². The van der Waals surface area contributed by atoms with E-state index in [-0.39, 0.29) is 29.0 Å². The van der Waals surface area contributed by atoms with Gasteiger partial charge in [-0.3, -0.25) is 14.4 Å². The molecule has 10 nitrogen and oxygen atoms in total. The van der Waals surface area contributed by atoms with Crippen molar-refractivity contribution < 1.29 is 38.6 Å². The lowest BCUT2D eigenvalue weighted by Gasteiger charge is -2.41. The number of rotatable bonds is 1. The van der Waals surface area contributed by atoms with Gasteiger partial charge in [-0.1, -0.05) is 23.5 Å². The Hall–Kier alpha value is -1.79. The number of likely N-dealkylation sites (tertiary alicyclic amines) is 2. The predicted molar refractivity (Wildman–Crippen MR) is 156 cm³/mol. The van der Waals surface area contributed by atoms with Crippen LogP contribution in [0.2, 0.25) is 0 Å². The molecule has 1 N–H and O–H groups in total. The number of aliphatic hydroxyl groups is 1. The average Bonchev–Trinajstić information content (AvgIpc) is 3.49. The normalized spacial score (nSPS) is 23.1. The smallest absolute Gasteiger partial charge is 0.410 e. The van der Waals surface area contributed by atoms with E-state index in [9.17, 15) is 29.1 Å². The zero-order valence-corrected chi connectivity index (χ0v) is 26.4. The number of Topliss-reactive ketones (excluding diaryl/α,β-unsaturated/α-hetero) is 1. The molecule has 0 radical (unpaired) electrons. The Morgan fingerprint density at radius 1 is 0.800 bits per heavy atom. The number of ether oxygens (including phenoxy) is 2. The van der Waals surface area contributed by atoms with E-state index in [1.165, 1.54) is 23.5 Å². The molecule has 1 unspecified atom stereocenters. The summed E-state index contributed by atoms with van der Waals surface area (Å²) in [7, 11) is 0. The van der Waals surface area contributed by atoms with Crippen molar-refractivity contribution in [1.29, 1.82) is 0 Å². The molecule has 0 aromatic heterocycles. The van der Waals surface area contributed by atoms with Crippen molar-refractivity contribution in [2.75, 3.05) is 37.7 Å². The highest BCUT2D eigenvalue weighted by molar-refractivity contribution is 8.14. The Morgan fingerprint density at radius 3 is 1.65 bits per heavy atom. The number of ketones is 1. The lowest BCUT2D eigenvalue weighted by molar-refractivity contribution is -0.127. The molecule has 1 atom stereocenters. The van der Waals surface area contributed by atoms with Gasteiger partial charge in [-0.15, -0.1) is 0 Å². The number of hydrogen-bond donors (Lipinski definition) is 1. The Balaban J connectivity index is 0.000000241. The van der Waals surface area contributed by atoms with Gasteiger partial charge in [0.05, 0.1) is 11.5 Å². The van der Waals surface area contributed by atoms with Gasteiger partial charge in [0.1, 0.15) is 17.0 Å². The summed E-state index contributed by atoms with van der Waals surface area (Å²) in [6.07, 6.45) is 3.81. The van der Waals surface area contributed by atoms with E-state index < -0.39 is 16.8 Å². The summed E-state index contributed by atoms with van der Waals surface area (Å²) in [5.41, 5.74) is -1.92. The summed E-state index contributed by atoms with van der Waals surface area (Å²) in [4.78, 5) is 59.6. The maximum absolute atomic E-state index is 12.0. The number of piperidine rings is 2. The number of carbonyl (C=O) groups is 5. The van der Waals surface area contributed by atoms with Crippen molar-refractivity contribution in [3.8, 4) is 0 Å². The molecule has 0 aromatic carbocycles. The topological polar surface area (TPSA) is 131 Å². The molecule has 4 aliphatic heterocycles. The SMILES string of the molecule is CC(C)(C)OC(=O)N1CCC(=O)CC1.CC(C)(C)OC(=O)N1CCC(O)(C2CCSC2=O)CC1.O=C1CCCS1. The van der Waals surface area contributed by atoms with E-state index in [1.807, 2.05) is 41.5 Å². The molecular weight excluding hydrogens is 556 g/mol. The first-order chi connectivity index (χ1) is 18.5. The zero-order chi connectivity index (χ0) is 30.1. The first kappa shape index (κ1) is 34.4. The second-order valence-corrected chi connectivity index (χ2v) is 14.7. The lowest BCUT2D eigenvalue weighted by atomic mass is 9.79. The van der Waals surface area contributed by atoms with Crippen LogP contribution < -0.4 is 0 Å². The van der Waals surface area contributed by atoms with Crippen LogP contribution in [0, 0.1) is 5.92 Å². The van der Waals surface area contributed by atoms with Crippen LogP contribution in [0.25, 0.3) is 0 Å². The van der Waals surface area contributed by atoms with Crippen molar-refractivity contribution in [3.05, 3.63) is 0 Å². The van der Waals surface area contributed by atoms with Crippen LogP contribution in [-0.4, -0.2) is 97.6 Å². The van der Waals surface area contributed by atoms with Gasteiger partial charge >= 0.3 is 12.2 Å². The molecule has 0 aromatic rings. The zero-order valence-electron chi connectivity index (χ0n) is 24.8. The minimum Gasteiger partial charge on any atom is -0.444 e. The summed E-state index contributed by atoms with van der Waals surface area (Å²) >= 11 is 2.77. The van der Waals surface area contributed by atoms with Crippen LogP contribution in [0.3, 0.4) is 0 Å².